The number of nitrogens with one attached hydrogen (secondary N) is 2. The molecule has 0 atom stereocenters. The smallest absolute Gasteiger partial charge is 0.191 e. The Balaban J connectivity index is 1.65. The Morgan fingerprint density at radius 3 is 2.34 bits per heavy atom. The van der Waals surface area contributed by atoms with Gasteiger partial charge in [0.2, 0.25) is 0 Å². The van der Waals surface area contributed by atoms with E-state index in [0.717, 1.165) is 30.8 Å². The first-order valence-electron chi connectivity index (χ1n) is 10.0. The SMILES string of the molecule is CCc1cccc(CC)c1NC(=S)N/N=C\c1cccn1Cc1ccccc1C. The van der Waals surface area contributed by atoms with E-state index in [1.54, 1.807) is 6.21 Å². The molecule has 0 bridgehead atoms. The van der Waals surface area contributed by atoms with Crippen molar-refractivity contribution in [2.75, 3.05) is 5.32 Å². The third-order valence-corrected chi connectivity index (χ3v) is 5.26. The molecule has 0 radical (unpaired) electrons. The second kappa shape index (κ2) is 10.0. The minimum absolute atomic E-state index is 0.494. The molecule has 2 aromatic carbocycles. The van der Waals surface area contributed by atoms with Crippen molar-refractivity contribution in [3.63, 3.8) is 0 Å². The van der Waals surface area contributed by atoms with Crippen molar-refractivity contribution in [1.29, 1.82) is 0 Å². The van der Waals surface area contributed by atoms with Crippen molar-refractivity contribution in [1.82, 2.24) is 9.99 Å². The Morgan fingerprint density at radius 2 is 1.66 bits per heavy atom. The van der Waals surface area contributed by atoms with Crippen molar-refractivity contribution in [3.8, 4) is 0 Å². The molecule has 1 aromatic heterocycles. The van der Waals surface area contributed by atoms with Crippen LogP contribution in [-0.4, -0.2) is 15.9 Å². The molecule has 0 aliphatic heterocycles. The van der Waals surface area contributed by atoms with Gasteiger partial charge in [0, 0.05) is 18.4 Å². The van der Waals surface area contributed by atoms with E-state index < -0.39 is 0 Å². The summed E-state index contributed by atoms with van der Waals surface area (Å²) < 4.78 is 2.17. The third kappa shape index (κ3) is 5.33. The highest BCUT2D eigenvalue weighted by Gasteiger charge is 2.07. The molecule has 4 nitrogen and oxygen atoms in total. The molecule has 0 saturated carbocycles. The lowest BCUT2D eigenvalue weighted by molar-refractivity contribution is 0.793. The van der Waals surface area contributed by atoms with Crippen molar-refractivity contribution < 1.29 is 0 Å². The van der Waals surface area contributed by atoms with Crippen molar-refractivity contribution in [2.45, 2.75) is 40.2 Å². The summed E-state index contributed by atoms with van der Waals surface area (Å²) in [6.07, 6.45) is 5.77. The van der Waals surface area contributed by atoms with Gasteiger partial charge in [-0.25, -0.2) is 0 Å². The first kappa shape index (κ1) is 20.8. The summed E-state index contributed by atoms with van der Waals surface area (Å²) >= 11 is 5.46. The Kier molecular flexibility index (Phi) is 7.19. The molecular formula is C24H28N4S. The molecule has 2 N–H and O–H groups in total. The van der Waals surface area contributed by atoms with E-state index in [1.807, 2.05) is 12.1 Å². The molecule has 3 aromatic rings. The van der Waals surface area contributed by atoms with Gasteiger partial charge in [0.15, 0.2) is 5.11 Å². The van der Waals surface area contributed by atoms with Crippen LogP contribution < -0.4 is 10.7 Å². The molecular weight excluding hydrogens is 376 g/mol. The van der Waals surface area contributed by atoms with Gasteiger partial charge in [0.05, 0.1) is 11.9 Å². The van der Waals surface area contributed by atoms with Gasteiger partial charge in [0.25, 0.3) is 0 Å². The number of anilines is 1. The summed E-state index contributed by atoms with van der Waals surface area (Å²) in [4.78, 5) is 0. The third-order valence-electron chi connectivity index (χ3n) is 5.07. The summed E-state index contributed by atoms with van der Waals surface area (Å²) in [6, 6.07) is 18.9. The van der Waals surface area contributed by atoms with Crippen molar-refractivity contribution >= 4 is 29.2 Å². The second-order valence-corrected chi connectivity index (χ2v) is 7.38. The lowest BCUT2D eigenvalue weighted by Gasteiger charge is -2.15. The van der Waals surface area contributed by atoms with Crippen LogP contribution in [0.25, 0.3) is 0 Å². The number of rotatable bonds is 7. The predicted octanol–water partition coefficient (Wildman–Crippen LogP) is 5.29. The summed E-state index contributed by atoms with van der Waals surface area (Å²) in [5.74, 6) is 0. The molecule has 0 aliphatic carbocycles. The van der Waals surface area contributed by atoms with Gasteiger partial charge in [-0.3, -0.25) is 5.43 Å². The maximum absolute atomic E-state index is 5.46. The fourth-order valence-electron chi connectivity index (χ4n) is 3.36. The molecule has 0 fully saturated rings. The summed E-state index contributed by atoms with van der Waals surface area (Å²) in [6.45, 7) is 7.25. The predicted molar refractivity (Wildman–Crippen MR) is 127 cm³/mol. The normalized spacial score (nSPS) is 11.0. The number of hydrazone groups is 1. The lowest BCUT2D eigenvalue weighted by atomic mass is 10.0. The van der Waals surface area contributed by atoms with Crippen LogP contribution in [0.5, 0.6) is 0 Å². The second-order valence-electron chi connectivity index (χ2n) is 6.97. The van der Waals surface area contributed by atoms with E-state index in [0.29, 0.717) is 5.11 Å². The van der Waals surface area contributed by atoms with Crippen LogP contribution in [-0.2, 0) is 19.4 Å². The van der Waals surface area contributed by atoms with Crippen molar-refractivity contribution in [2.24, 2.45) is 5.10 Å². The van der Waals surface area contributed by atoms with Gasteiger partial charge < -0.3 is 9.88 Å². The molecule has 0 spiro atoms. The van der Waals surface area contributed by atoms with E-state index in [9.17, 15) is 0 Å². The highest BCUT2D eigenvalue weighted by atomic mass is 32.1. The maximum Gasteiger partial charge on any atom is 0.191 e. The summed E-state index contributed by atoms with van der Waals surface area (Å²) in [5.41, 5.74) is 10.2. The molecule has 0 amide bonds. The number of thiocarbonyl (C=S) groups is 1. The van der Waals surface area contributed by atoms with E-state index in [1.165, 1.54) is 22.3 Å². The van der Waals surface area contributed by atoms with Gasteiger partial charge in [-0.2, -0.15) is 5.10 Å². The van der Waals surface area contributed by atoms with Crippen LogP contribution in [0, 0.1) is 6.92 Å². The molecule has 29 heavy (non-hydrogen) atoms. The first-order chi connectivity index (χ1) is 14.1. The average Bonchev–Trinajstić information content (AvgIpc) is 3.16. The van der Waals surface area contributed by atoms with Gasteiger partial charge in [-0.05, 0) is 66.4 Å². The number of aryl methyl sites for hydroxylation is 3. The molecule has 3 rings (SSSR count). The monoisotopic (exact) mass is 404 g/mol. The largest absolute Gasteiger partial charge is 0.342 e. The van der Waals surface area contributed by atoms with Crippen LogP contribution in [0.15, 0.2) is 65.9 Å². The Morgan fingerprint density at radius 1 is 0.966 bits per heavy atom. The number of nitrogens with zero attached hydrogens (tertiary/aromatic N) is 2. The van der Waals surface area contributed by atoms with Gasteiger partial charge in [-0.15, -0.1) is 0 Å². The van der Waals surface area contributed by atoms with Crippen LogP contribution in [0.1, 0.15) is 41.8 Å². The van der Waals surface area contributed by atoms with Crippen LogP contribution in [0.3, 0.4) is 0 Å². The Hall–Kier alpha value is -2.92. The molecule has 0 saturated heterocycles. The highest BCUT2D eigenvalue weighted by molar-refractivity contribution is 7.80. The molecule has 0 aliphatic rings. The van der Waals surface area contributed by atoms with Gasteiger partial charge >= 0.3 is 0 Å². The molecule has 150 valence electrons. The van der Waals surface area contributed by atoms with E-state index in [4.69, 9.17) is 12.2 Å². The zero-order valence-electron chi connectivity index (χ0n) is 17.3. The number of hydrogen-bond donors (Lipinski definition) is 2. The summed E-state index contributed by atoms with van der Waals surface area (Å²) in [5, 5.41) is 8.16. The quantitative estimate of drug-likeness (QED) is 0.319. The van der Waals surface area contributed by atoms with Gasteiger partial charge in [0.1, 0.15) is 0 Å². The average molecular weight is 405 g/mol. The minimum atomic E-state index is 0.494. The van der Waals surface area contributed by atoms with E-state index in [-0.39, 0.29) is 0 Å². The highest BCUT2D eigenvalue weighted by Crippen LogP contribution is 2.22. The van der Waals surface area contributed by atoms with E-state index in [2.05, 4.69) is 89.8 Å². The lowest BCUT2D eigenvalue weighted by Crippen LogP contribution is -2.25. The standard InChI is InChI=1S/C24H28N4S/c1-4-19-12-8-13-20(5-2)23(19)26-24(29)27-25-16-22-14-9-15-28(22)17-21-11-7-6-10-18(21)3/h6-16H,4-5,17H2,1-3H3,(H2,26,27,29)/b25-16-. The number of benzene rings is 2. The van der Waals surface area contributed by atoms with Crippen molar-refractivity contribution in [3.05, 3.63) is 88.7 Å². The first-order valence-corrected chi connectivity index (χ1v) is 10.4. The molecule has 5 heteroatoms. The minimum Gasteiger partial charge on any atom is -0.342 e. The maximum atomic E-state index is 5.46. The fraction of sp³-hybridized carbons (Fsp3) is 0.250. The van der Waals surface area contributed by atoms with Crippen LogP contribution in [0.2, 0.25) is 0 Å². The molecule has 0 unspecified atom stereocenters. The Bertz CT molecular complexity index is 981. The van der Waals surface area contributed by atoms with E-state index >= 15 is 0 Å². The Labute approximate surface area is 178 Å². The summed E-state index contributed by atoms with van der Waals surface area (Å²) in [7, 11) is 0. The number of aromatic nitrogens is 1. The van der Waals surface area contributed by atoms with Crippen LogP contribution in [0.4, 0.5) is 5.69 Å². The topological polar surface area (TPSA) is 41.4 Å². The molecule has 1 heterocycles. The van der Waals surface area contributed by atoms with Crippen LogP contribution >= 0.6 is 12.2 Å². The zero-order valence-corrected chi connectivity index (χ0v) is 18.1. The zero-order chi connectivity index (χ0) is 20.6. The van der Waals surface area contributed by atoms with Gasteiger partial charge in [-0.1, -0.05) is 56.3 Å². The number of para-hydroxylation sites is 1. The number of hydrogen-bond acceptors (Lipinski definition) is 2. The fourth-order valence-corrected chi connectivity index (χ4v) is 3.52.